The molecule has 1 aromatic rings. The summed E-state index contributed by atoms with van der Waals surface area (Å²) in [5.41, 5.74) is 2.67. The Bertz CT molecular complexity index is 390. The van der Waals surface area contributed by atoms with Crippen LogP contribution in [0.15, 0.2) is 18.2 Å². The van der Waals surface area contributed by atoms with E-state index in [1.807, 2.05) is 0 Å². The molecule has 1 aliphatic rings. The molecule has 1 saturated heterocycles. The zero-order chi connectivity index (χ0) is 11.8. The van der Waals surface area contributed by atoms with Crippen molar-refractivity contribution < 1.29 is 0 Å². The quantitative estimate of drug-likeness (QED) is 0.721. The molecule has 0 N–H and O–H groups in total. The third-order valence-electron chi connectivity index (χ3n) is 3.39. The summed E-state index contributed by atoms with van der Waals surface area (Å²) in [6, 6.07) is 6.38. The van der Waals surface area contributed by atoms with Crippen molar-refractivity contribution in [2.45, 2.75) is 37.6 Å². The van der Waals surface area contributed by atoms with Gasteiger partial charge in [0, 0.05) is 28.1 Å². The van der Waals surface area contributed by atoms with Crippen molar-refractivity contribution in [1.82, 2.24) is 0 Å². The van der Waals surface area contributed by atoms with Gasteiger partial charge in [0.1, 0.15) is 0 Å². The molecule has 0 spiro atoms. The summed E-state index contributed by atoms with van der Waals surface area (Å²) in [4.78, 5) is 2.46. The number of anilines is 1. The van der Waals surface area contributed by atoms with Crippen LogP contribution in [0, 0.1) is 0 Å². The summed E-state index contributed by atoms with van der Waals surface area (Å²) in [5.74, 6) is 0. The van der Waals surface area contributed by atoms with Gasteiger partial charge < -0.3 is 4.90 Å². The first-order chi connectivity index (χ1) is 7.54. The van der Waals surface area contributed by atoms with Crippen LogP contribution in [0.2, 0.25) is 5.02 Å². The summed E-state index contributed by atoms with van der Waals surface area (Å²) >= 11 is 9.69. The van der Waals surface area contributed by atoms with Crippen LogP contribution in [0.3, 0.4) is 0 Å². The number of alkyl halides is 1. The van der Waals surface area contributed by atoms with Gasteiger partial charge in [-0.15, -0.1) is 0 Å². The van der Waals surface area contributed by atoms with E-state index < -0.39 is 0 Å². The van der Waals surface area contributed by atoms with Gasteiger partial charge in [0.25, 0.3) is 0 Å². The zero-order valence-electron chi connectivity index (χ0n) is 9.76. The van der Waals surface area contributed by atoms with Crippen molar-refractivity contribution in [3.8, 4) is 0 Å². The van der Waals surface area contributed by atoms with Gasteiger partial charge in [-0.3, -0.25) is 0 Å². The number of hydrogen-bond donors (Lipinski definition) is 0. The number of nitrogens with zero attached hydrogens (tertiary/aromatic N) is 1. The third-order valence-corrected chi connectivity index (χ3v) is 4.35. The number of halogens is 2. The van der Waals surface area contributed by atoms with Crippen molar-refractivity contribution in [3.63, 3.8) is 0 Å². The molecule has 3 heteroatoms. The Morgan fingerprint density at radius 2 is 2.19 bits per heavy atom. The van der Waals surface area contributed by atoms with Crippen molar-refractivity contribution in [3.05, 3.63) is 28.8 Å². The van der Waals surface area contributed by atoms with Crippen LogP contribution in [-0.4, -0.2) is 12.1 Å². The minimum absolute atomic E-state index is 0.263. The van der Waals surface area contributed by atoms with E-state index in [4.69, 9.17) is 11.6 Å². The lowest BCUT2D eigenvalue weighted by Crippen LogP contribution is -2.38. The Morgan fingerprint density at radius 1 is 1.44 bits per heavy atom. The van der Waals surface area contributed by atoms with Gasteiger partial charge in [-0.2, -0.15) is 0 Å². The summed E-state index contributed by atoms with van der Waals surface area (Å²) in [7, 11) is 0. The molecule has 0 saturated carbocycles. The SMILES string of the molecule is CC1(C)CCCN1c1ccc(CBr)c(Cl)c1. The smallest absolute Gasteiger partial charge is 0.0467 e. The predicted molar refractivity (Wildman–Crippen MR) is 74.7 cm³/mol. The molecule has 0 radical (unpaired) electrons. The third kappa shape index (κ3) is 2.23. The maximum Gasteiger partial charge on any atom is 0.0467 e. The Labute approximate surface area is 111 Å². The standard InChI is InChI=1S/C13H17BrClN/c1-13(2)6-3-7-16(13)11-5-4-10(9-14)12(15)8-11/h4-5,8H,3,6-7,9H2,1-2H3. The predicted octanol–water partition coefficient (Wildman–Crippen LogP) is 4.61. The molecule has 0 aliphatic carbocycles. The first kappa shape index (κ1) is 12.3. The fourth-order valence-corrected chi connectivity index (χ4v) is 3.29. The Balaban J connectivity index is 2.31. The monoisotopic (exact) mass is 301 g/mol. The molecule has 2 rings (SSSR count). The van der Waals surface area contributed by atoms with Gasteiger partial charge in [-0.1, -0.05) is 33.6 Å². The molecule has 1 fully saturated rings. The maximum atomic E-state index is 6.24. The molecule has 1 aromatic carbocycles. The Morgan fingerprint density at radius 3 is 2.69 bits per heavy atom. The van der Waals surface area contributed by atoms with Crippen LogP contribution in [0.4, 0.5) is 5.69 Å². The summed E-state index contributed by atoms with van der Waals surface area (Å²) in [6.45, 7) is 5.73. The lowest BCUT2D eigenvalue weighted by atomic mass is 10.0. The normalized spacial score (nSPS) is 19.1. The largest absolute Gasteiger partial charge is 0.366 e. The molecule has 0 bridgehead atoms. The van der Waals surface area contributed by atoms with E-state index in [2.05, 4.69) is 52.9 Å². The van der Waals surface area contributed by atoms with E-state index in [9.17, 15) is 0 Å². The highest BCUT2D eigenvalue weighted by molar-refractivity contribution is 9.08. The number of hydrogen-bond acceptors (Lipinski definition) is 1. The molecule has 1 aliphatic heterocycles. The van der Waals surface area contributed by atoms with E-state index in [0.29, 0.717) is 0 Å². The Kier molecular flexibility index (Phi) is 3.50. The van der Waals surface area contributed by atoms with Gasteiger partial charge >= 0.3 is 0 Å². The summed E-state index contributed by atoms with van der Waals surface area (Å²) in [6.07, 6.45) is 2.52. The molecule has 1 nitrogen and oxygen atoms in total. The maximum absolute atomic E-state index is 6.24. The average molecular weight is 303 g/mol. The molecule has 0 unspecified atom stereocenters. The van der Waals surface area contributed by atoms with Crippen molar-refractivity contribution in [2.24, 2.45) is 0 Å². The van der Waals surface area contributed by atoms with E-state index in [0.717, 1.165) is 22.5 Å². The van der Waals surface area contributed by atoms with Crippen molar-refractivity contribution >= 4 is 33.2 Å². The van der Waals surface area contributed by atoms with E-state index >= 15 is 0 Å². The molecular weight excluding hydrogens is 286 g/mol. The van der Waals surface area contributed by atoms with Crippen molar-refractivity contribution in [2.75, 3.05) is 11.4 Å². The lowest BCUT2D eigenvalue weighted by Gasteiger charge is -2.34. The highest BCUT2D eigenvalue weighted by atomic mass is 79.9. The van der Waals surface area contributed by atoms with Gasteiger partial charge in [0.2, 0.25) is 0 Å². The van der Waals surface area contributed by atoms with Crippen molar-refractivity contribution in [1.29, 1.82) is 0 Å². The molecule has 0 atom stereocenters. The fourth-order valence-electron chi connectivity index (χ4n) is 2.40. The van der Waals surface area contributed by atoms with E-state index in [-0.39, 0.29) is 5.54 Å². The molecule has 88 valence electrons. The molecule has 0 amide bonds. The Hall–Kier alpha value is -0.210. The van der Waals surface area contributed by atoms with Crippen LogP contribution >= 0.6 is 27.5 Å². The minimum Gasteiger partial charge on any atom is -0.366 e. The number of benzene rings is 1. The fraction of sp³-hybridized carbons (Fsp3) is 0.538. The summed E-state index contributed by atoms with van der Waals surface area (Å²) in [5, 5.41) is 1.67. The average Bonchev–Trinajstić information content (AvgIpc) is 2.58. The molecule has 1 heterocycles. The van der Waals surface area contributed by atoms with Crippen LogP contribution in [0.5, 0.6) is 0 Å². The second kappa shape index (κ2) is 4.58. The second-order valence-electron chi connectivity index (χ2n) is 4.98. The highest BCUT2D eigenvalue weighted by Crippen LogP contribution is 2.35. The first-order valence-electron chi connectivity index (χ1n) is 5.66. The lowest BCUT2D eigenvalue weighted by molar-refractivity contribution is 0.518. The molecule has 16 heavy (non-hydrogen) atoms. The minimum atomic E-state index is 0.263. The van der Waals surface area contributed by atoms with Crippen LogP contribution < -0.4 is 4.90 Å². The van der Waals surface area contributed by atoms with Gasteiger partial charge in [-0.25, -0.2) is 0 Å². The summed E-state index contributed by atoms with van der Waals surface area (Å²) < 4.78 is 0. The van der Waals surface area contributed by atoms with E-state index in [1.165, 1.54) is 18.5 Å². The zero-order valence-corrected chi connectivity index (χ0v) is 12.1. The first-order valence-corrected chi connectivity index (χ1v) is 7.16. The van der Waals surface area contributed by atoms with Gasteiger partial charge in [-0.05, 0) is 44.4 Å². The van der Waals surface area contributed by atoms with Crippen LogP contribution in [-0.2, 0) is 5.33 Å². The highest BCUT2D eigenvalue weighted by Gasteiger charge is 2.31. The van der Waals surface area contributed by atoms with E-state index in [1.54, 1.807) is 0 Å². The molecule has 0 aromatic heterocycles. The molecular formula is C13H17BrClN. The van der Waals surface area contributed by atoms with Crippen LogP contribution in [0.25, 0.3) is 0 Å². The topological polar surface area (TPSA) is 3.24 Å². The second-order valence-corrected chi connectivity index (χ2v) is 5.94. The van der Waals surface area contributed by atoms with Gasteiger partial charge in [0.15, 0.2) is 0 Å². The van der Waals surface area contributed by atoms with Gasteiger partial charge in [0.05, 0.1) is 0 Å². The number of rotatable bonds is 2. The van der Waals surface area contributed by atoms with Crippen LogP contribution in [0.1, 0.15) is 32.3 Å².